The van der Waals surface area contributed by atoms with Crippen LogP contribution in [0.25, 0.3) is 0 Å². The fourth-order valence-electron chi connectivity index (χ4n) is 1.90. The lowest BCUT2D eigenvalue weighted by atomic mass is 10.2. The average molecular weight is 306 g/mol. The van der Waals surface area contributed by atoms with Gasteiger partial charge in [0.05, 0.1) is 13.2 Å². The van der Waals surface area contributed by atoms with Gasteiger partial charge in [0.25, 0.3) is 0 Å². The molecule has 0 radical (unpaired) electrons. The molecule has 0 saturated carbocycles. The fraction of sp³-hybridized carbons (Fsp3) is 0.462. The molecule has 1 fully saturated rings. The summed E-state index contributed by atoms with van der Waals surface area (Å²) in [4.78, 5) is 12.7. The molecular formula is C13H17F3N2O3. The van der Waals surface area contributed by atoms with Crippen LogP contribution in [0.4, 0.5) is 18.9 Å². The van der Waals surface area contributed by atoms with Crippen molar-refractivity contribution in [2.45, 2.75) is 12.8 Å². The van der Waals surface area contributed by atoms with E-state index in [9.17, 15) is 18.0 Å². The van der Waals surface area contributed by atoms with Gasteiger partial charge >= 0.3 is 12.1 Å². The van der Waals surface area contributed by atoms with E-state index in [2.05, 4.69) is 9.64 Å². The van der Waals surface area contributed by atoms with E-state index in [4.69, 9.17) is 4.74 Å². The lowest BCUT2D eigenvalue weighted by Gasteiger charge is -2.29. The largest absolute Gasteiger partial charge is 0.490 e. The second-order valence-corrected chi connectivity index (χ2v) is 4.34. The Balaban J connectivity index is 0.00000220. The Labute approximate surface area is 120 Å². The van der Waals surface area contributed by atoms with Crippen LogP contribution >= 0.6 is 0 Å². The molecule has 1 aliphatic heterocycles. The highest BCUT2D eigenvalue weighted by Gasteiger charge is 2.40. The minimum absolute atomic E-state index is 0. The van der Waals surface area contributed by atoms with Gasteiger partial charge in [0, 0.05) is 18.8 Å². The number of halogens is 3. The Morgan fingerprint density at radius 2 is 1.95 bits per heavy atom. The highest BCUT2D eigenvalue weighted by atomic mass is 19.4. The summed E-state index contributed by atoms with van der Waals surface area (Å²) in [6.45, 7) is 2.30. The van der Waals surface area contributed by atoms with Gasteiger partial charge in [-0.15, -0.1) is 0 Å². The number of benzene rings is 1. The summed E-state index contributed by atoms with van der Waals surface area (Å²) in [7, 11) is 0. The molecular weight excluding hydrogens is 289 g/mol. The topological polar surface area (TPSA) is 73.8 Å². The van der Waals surface area contributed by atoms with Gasteiger partial charge in [0.1, 0.15) is 6.61 Å². The molecule has 0 spiro atoms. The zero-order chi connectivity index (χ0) is 14.6. The summed E-state index contributed by atoms with van der Waals surface area (Å²) < 4.78 is 45.5. The number of hydrogen-bond donors (Lipinski definition) is 1. The number of carbonyl (C=O) groups is 1. The third kappa shape index (κ3) is 4.91. The highest BCUT2D eigenvalue weighted by Crippen LogP contribution is 2.20. The first kappa shape index (κ1) is 17.3. The van der Waals surface area contributed by atoms with Gasteiger partial charge in [-0.05, 0) is 17.7 Å². The lowest BCUT2D eigenvalue weighted by molar-refractivity contribution is -0.201. The van der Waals surface area contributed by atoms with Gasteiger partial charge in [0.2, 0.25) is 0 Å². The molecule has 1 saturated heterocycles. The maximum Gasteiger partial charge on any atom is 0.490 e. The predicted octanol–water partition coefficient (Wildman–Crippen LogP) is 2.29. The summed E-state index contributed by atoms with van der Waals surface area (Å²) in [5.74, 6) is -2.17. The van der Waals surface area contributed by atoms with Crippen LogP contribution < -0.4 is 11.1 Å². The minimum Gasteiger partial charge on any atom is -0.454 e. The molecule has 8 heteroatoms. The van der Waals surface area contributed by atoms with E-state index in [1.54, 1.807) is 18.2 Å². The van der Waals surface area contributed by atoms with Crippen molar-refractivity contribution < 1.29 is 27.4 Å². The monoisotopic (exact) mass is 306 g/mol. The first-order valence-electron chi connectivity index (χ1n) is 6.12. The van der Waals surface area contributed by atoms with Gasteiger partial charge in [-0.2, -0.15) is 13.2 Å². The molecule has 0 amide bonds. The number of morpholine rings is 1. The molecule has 0 atom stereocenters. The molecule has 0 aliphatic carbocycles. The number of ether oxygens (including phenoxy) is 2. The quantitative estimate of drug-likeness (QED) is 0.867. The third-order valence-electron chi connectivity index (χ3n) is 2.89. The maximum atomic E-state index is 12.0. The standard InChI is InChI=1S/C13H14F3NO3.H3N/c14-13(15,16)12(18)20-9-10-2-1-3-11(8-10)17-4-6-19-7-5-17;/h1-3,8H,4-7,9H2;1H3. The van der Waals surface area contributed by atoms with Crippen LogP contribution in [-0.2, 0) is 20.9 Å². The molecule has 21 heavy (non-hydrogen) atoms. The maximum absolute atomic E-state index is 12.0. The number of nitrogens with zero attached hydrogens (tertiary/aromatic N) is 1. The lowest BCUT2D eigenvalue weighted by Crippen LogP contribution is -2.36. The summed E-state index contributed by atoms with van der Waals surface area (Å²) in [5, 5.41) is 0. The van der Waals surface area contributed by atoms with Crippen LogP contribution in [0.3, 0.4) is 0 Å². The van der Waals surface area contributed by atoms with Crippen molar-refractivity contribution in [1.29, 1.82) is 0 Å². The number of anilines is 1. The summed E-state index contributed by atoms with van der Waals surface area (Å²) >= 11 is 0. The Kier molecular flexibility index (Phi) is 5.98. The average Bonchev–Trinajstić information content (AvgIpc) is 2.45. The van der Waals surface area contributed by atoms with Crippen LogP contribution in [0.15, 0.2) is 24.3 Å². The molecule has 2 rings (SSSR count). The van der Waals surface area contributed by atoms with Gasteiger partial charge < -0.3 is 20.5 Å². The molecule has 3 N–H and O–H groups in total. The summed E-state index contributed by atoms with van der Waals surface area (Å²) in [6, 6.07) is 6.92. The van der Waals surface area contributed by atoms with E-state index < -0.39 is 18.8 Å². The molecule has 118 valence electrons. The van der Waals surface area contributed by atoms with Crippen LogP contribution in [0, 0.1) is 0 Å². The van der Waals surface area contributed by atoms with Crippen molar-refractivity contribution in [2.24, 2.45) is 0 Å². The van der Waals surface area contributed by atoms with Gasteiger partial charge in [-0.3, -0.25) is 0 Å². The number of hydrogen-bond acceptors (Lipinski definition) is 5. The highest BCUT2D eigenvalue weighted by molar-refractivity contribution is 5.75. The van der Waals surface area contributed by atoms with E-state index in [1.165, 1.54) is 0 Å². The van der Waals surface area contributed by atoms with Crippen molar-refractivity contribution in [3.05, 3.63) is 29.8 Å². The first-order chi connectivity index (χ1) is 9.47. The Morgan fingerprint density at radius 3 is 2.57 bits per heavy atom. The van der Waals surface area contributed by atoms with E-state index in [-0.39, 0.29) is 6.15 Å². The molecule has 1 aromatic carbocycles. The Morgan fingerprint density at radius 1 is 1.29 bits per heavy atom. The molecule has 1 aromatic rings. The van der Waals surface area contributed by atoms with Crippen molar-refractivity contribution in [1.82, 2.24) is 6.15 Å². The van der Waals surface area contributed by atoms with Crippen LogP contribution in [0.1, 0.15) is 5.56 Å². The van der Waals surface area contributed by atoms with Crippen LogP contribution in [0.2, 0.25) is 0 Å². The normalized spacial score (nSPS) is 15.3. The fourth-order valence-corrected chi connectivity index (χ4v) is 1.90. The molecule has 0 aromatic heterocycles. The molecule has 1 aliphatic rings. The second-order valence-electron chi connectivity index (χ2n) is 4.34. The zero-order valence-electron chi connectivity index (χ0n) is 11.4. The minimum atomic E-state index is -4.96. The number of alkyl halides is 3. The van der Waals surface area contributed by atoms with Crippen LogP contribution in [0.5, 0.6) is 0 Å². The number of rotatable bonds is 3. The first-order valence-corrected chi connectivity index (χ1v) is 6.12. The molecule has 0 bridgehead atoms. The number of esters is 1. The smallest absolute Gasteiger partial charge is 0.454 e. The van der Waals surface area contributed by atoms with Crippen molar-refractivity contribution in [2.75, 3.05) is 31.2 Å². The predicted molar refractivity (Wildman–Crippen MR) is 70.3 cm³/mol. The molecule has 0 unspecified atom stereocenters. The van der Waals surface area contributed by atoms with Gasteiger partial charge in [-0.25, -0.2) is 4.79 Å². The van der Waals surface area contributed by atoms with E-state index in [1.807, 2.05) is 6.07 Å². The molecule has 1 heterocycles. The third-order valence-corrected chi connectivity index (χ3v) is 2.89. The van der Waals surface area contributed by atoms with Crippen LogP contribution in [-0.4, -0.2) is 38.4 Å². The second kappa shape index (κ2) is 7.28. The van der Waals surface area contributed by atoms with Crippen molar-refractivity contribution in [3.63, 3.8) is 0 Å². The zero-order valence-corrected chi connectivity index (χ0v) is 11.4. The van der Waals surface area contributed by atoms with E-state index >= 15 is 0 Å². The molecule has 5 nitrogen and oxygen atoms in total. The Hall–Kier alpha value is -1.80. The van der Waals surface area contributed by atoms with Crippen molar-refractivity contribution in [3.8, 4) is 0 Å². The summed E-state index contributed by atoms with van der Waals surface area (Å²) in [5.41, 5.74) is 1.40. The number of carbonyl (C=O) groups excluding carboxylic acids is 1. The van der Waals surface area contributed by atoms with Crippen molar-refractivity contribution >= 4 is 11.7 Å². The summed E-state index contributed by atoms with van der Waals surface area (Å²) in [6.07, 6.45) is -4.96. The van der Waals surface area contributed by atoms with E-state index in [0.717, 1.165) is 18.8 Å². The van der Waals surface area contributed by atoms with E-state index in [0.29, 0.717) is 18.8 Å². The van der Waals surface area contributed by atoms with Gasteiger partial charge in [-0.1, -0.05) is 12.1 Å². The SMILES string of the molecule is N.O=C(OCc1cccc(N2CCOCC2)c1)C(F)(F)F. The van der Waals surface area contributed by atoms with Gasteiger partial charge in [0.15, 0.2) is 0 Å². The Bertz CT molecular complexity index is 474.